The summed E-state index contributed by atoms with van der Waals surface area (Å²) in [5.41, 5.74) is -0.632. The van der Waals surface area contributed by atoms with E-state index < -0.39 is 17.6 Å². The lowest BCUT2D eigenvalue weighted by Gasteiger charge is -2.27. The number of anilines is 2. The number of amides is 1. The molecule has 0 unspecified atom stereocenters. The summed E-state index contributed by atoms with van der Waals surface area (Å²) in [5.74, 6) is 0.0869. The number of alkyl halides is 3. The van der Waals surface area contributed by atoms with Gasteiger partial charge in [-0.05, 0) is 37.5 Å². The van der Waals surface area contributed by atoms with Crippen molar-refractivity contribution in [3.8, 4) is 0 Å². The van der Waals surface area contributed by atoms with Gasteiger partial charge in [-0.3, -0.25) is 4.79 Å². The van der Waals surface area contributed by atoms with E-state index in [0.717, 1.165) is 38.1 Å². The number of carbonyl (C=O) groups excluding carboxylic acids is 1. The van der Waals surface area contributed by atoms with Crippen LogP contribution in [0.2, 0.25) is 0 Å². The Hall–Kier alpha value is -2.64. The third-order valence-electron chi connectivity index (χ3n) is 4.01. The Labute approximate surface area is 142 Å². The lowest BCUT2D eigenvalue weighted by Crippen LogP contribution is -2.30. The molecule has 1 aliphatic heterocycles. The van der Waals surface area contributed by atoms with Crippen LogP contribution in [0.3, 0.4) is 0 Å². The summed E-state index contributed by atoms with van der Waals surface area (Å²) in [7, 11) is 0. The fraction of sp³-hybridized carbons (Fsp3) is 0.353. The van der Waals surface area contributed by atoms with Crippen LogP contribution < -0.4 is 10.2 Å². The molecule has 1 aliphatic rings. The molecule has 132 valence electrons. The molecule has 1 aromatic carbocycles. The largest absolute Gasteiger partial charge is 0.416 e. The zero-order valence-corrected chi connectivity index (χ0v) is 13.4. The van der Waals surface area contributed by atoms with Crippen LogP contribution >= 0.6 is 0 Å². The smallest absolute Gasteiger partial charge is 0.357 e. The second kappa shape index (κ2) is 7.08. The van der Waals surface area contributed by atoms with Crippen LogP contribution in [0, 0.1) is 0 Å². The number of nitrogens with one attached hydrogen (secondary N) is 1. The Morgan fingerprint density at radius 2 is 1.84 bits per heavy atom. The molecule has 1 N–H and O–H groups in total. The fourth-order valence-electron chi connectivity index (χ4n) is 2.74. The van der Waals surface area contributed by atoms with Gasteiger partial charge in [0.1, 0.15) is 17.8 Å². The SMILES string of the molecule is O=C(Nc1cccc(C(F)(F)F)c1)c1cc(N2CCCCC2)ncn1. The van der Waals surface area contributed by atoms with Gasteiger partial charge in [-0.1, -0.05) is 6.07 Å². The van der Waals surface area contributed by atoms with Crippen LogP contribution in [0.25, 0.3) is 0 Å². The van der Waals surface area contributed by atoms with Gasteiger partial charge >= 0.3 is 6.18 Å². The number of benzene rings is 1. The molecule has 2 heterocycles. The third-order valence-corrected chi connectivity index (χ3v) is 4.01. The van der Waals surface area contributed by atoms with Gasteiger partial charge in [0, 0.05) is 24.8 Å². The molecule has 8 heteroatoms. The molecule has 1 fully saturated rings. The number of hydrogen-bond acceptors (Lipinski definition) is 4. The first-order chi connectivity index (χ1) is 11.9. The van der Waals surface area contributed by atoms with Gasteiger partial charge in [-0.25, -0.2) is 9.97 Å². The summed E-state index contributed by atoms with van der Waals surface area (Å²) in [6.45, 7) is 1.73. The second-order valence-electron chi connectivity index (χ2n) is 5.84. The highest BCUT2D eigenvalue weighted by atomic mass is 19.4. The van der Waals surface area contributed by atoms with Crippen LogP contribution in [0.1, 0.15) is 35.3 Å². The second-order valence-corrected chi connectivity index (χ2v) is 5.84. The average molecular weight is 350 g/mol. The van der Waals surface area contributed by atoms with E-state index >= 15 is 0 Å². The van der Waals surface area contributed by atoms with Crippen molar-refractivity contribution >= 4 is 17.4 Å². The van der Waals surface area contributed by atoms with Crippen molar-refractivity contribution in [2.75, 3.05) is 23.3 Å². The fourth-order valence-corrected chi connectivity index (χ4v) is 2.74. The van der Waals surface area contributed by atoms with Gasteiger partial charge < -0.3 is 10.2 Å². The number of nitrogens with zero attached hydrogens (tertiary/aromatic N) is 3. The van der Waals surface area contributed by atoms with Crippen molar-refractivity contribution in [1.29, 1.82) is 0 Å². The molecule has 0 bridgehead atoms. The first-order valence-corrected chi connectivity index (χ1v) is 7.99. The minimum absolute atomic E-state index is 0.0676. The van der Waals surface area contributed by atoms with Gasteiger partial charge in [-0.15, -0.1) is 0 Å². The summed E-state index contributed by atoms with van der Waals surface area (Å²) in [6, 6.07) is 6.06. The number of halogens is 3. The molecule has 2 aromatic rings. The lowest BCUT2D eigenvalue weighted by atomic mass is 10.1. The first kappa shape index (κ1) is 17.2. The number of piperidine rings is 1. The first-order valence-electron chi connectivity index (χ1n) is 7.99. The minimum atomic E-state index is -4.46. The summed E-state index contributed by atoms with van der Waals surface area (Å²) in [6.07, 6.45) is 0.137. The molecule has 0 radical (unpaired) electrons. The summed E-state index contributed by atoms with van der Waals surface area (Å²) >= 11 is 0. The molecule has 5 nitrogen and oxygen atoms in total. The van der Waals surface area contributed by atoms with Gasteiger partial charge in [0.05, 0.1) is 5.56 Å². The molecular weight excluding hydrogens is 333 g/mol. The molecule has 1 amide bonds. The van der Waals surface area contributed by atoms with Crippen molar-refractivity contribution in [3.05, 3.63) is 47.9 Å². The summed E-state index contributed by atoms with van der Waals surface area (Å²) < 4.78 is 38.2. The molecule has 25 heavy (non-hydrogen) atoms. The van der Waals surface area contributed by atoms with Crippen molar-refractivity contribution in [2.24, 2.45) is 0 Å². The zero-order valence-electron chi connectivity index (χ0n) is 13.4. The third kappa shape index (κ3) is 4.26. The molecule has 0 aliphatic carbocycles. The predicted molar refractivity (Wildman–Crippen MR) is 87.5 cm³/mol. The molecule has 0 spiro atoms. The Morgan fingerprint density at radius 3 is 2.56 bits per heavy atom. The van der Waals surface area contributed by atoms with E-state index in [1.165, 1.54) is 24.9 Å². The van der Waals surface area contributed by atoms with E-state index in [9.17, 15) is 18.0 Å². The predicted octanol–water partition coefficient (Wildman–Crippen LogP) is 3.74. The van der Waals surface area contributed by atoms with Gasteiger partial charge in [-0.2, -0.15) is 13.2 Å². The van der Waals surface area contributed by atoms with Crippen LogP contribution in [-0.2, 0) is 6.18 Å². The number of hydrogen-bond donors (Lipinski definition) is 1. The van der Waals surface area contributed by atoms with E-state index in [0.29, 0.717) is 5.82 Å². The van der Waals surface area contributed by atoms with Crippen molar-refractivity contribution in [1.82, 2.24) is 9.97 Å². The molecular formula is C17H17F3N4O. The van der Waals surface area contributed by atoms with Gasteiger partial charge in [0.25, 0.3) is 5.91 Å². The van der Waals surface area contributed by atoms with Gasteiger partial charge in [0.15, 0.2) is 0 Å². The quantitative estimate of drug-likeness (QED) is 0.916. The van der Waals surface area contributed by atoms with E-state index in [1.807, 2.05) is 0 Å². The normalized spacial score (nSPS) is 15.1. The number of carbonyl (C=O) groups is 1. The molecule has 3 rings (SSSR count). The van der Waals surface area contributed by atoms with Crippen LogP contribution in [0.4, 0.5) is 24.7 Å². The topological polar surface area (TPSA) is 58.1 Å². The Kier molecular flexibility index (Phi) is 4.87. The number of aromatic nitrogens is 2. The van der Waals surface area contributed by atoms with Crippen LogP contribution in [-0.4, -0.2) is 29.0 Å². The van der Waals surface area contributed by atoms with E-state index in [2.05, 4.69) is 20.2 Å². The highest BCUT2D eigenvalue weighted by Gasteiger charge is 2.30. The summed E-state index contributed by atoms with van der Waals surface area (Å²) in [5, 5.41) is 2.45. The van der Waals surface area contributed by atoms with Gasteiger partial charge in [0.2, 0.25) is 0 Å². The standard InChI is InChI=1S/C17H17F3N4O/c18-17(19,20)12-5-4-6-13(9-12)23-16(25)14-10-15(22-11-21-14)24-7-2-1-3-8-24/h4-6,9-11H,1-3,7-8H2,(H,23,25). The van der Waals surface area contributed by atoms with Crippen molar-refractivity contribution < 1.29 is 18.0 Å². The van der Waals surface area contributed by atoms with Crippen LogP contribution in [0.5, 0.6) is 0 Å². The molecule has 0 atom stereocenters. The zero-order chi connectivity index (χ0) is 17.9. The monoisotopic (exact) mass is 350 g/mol. The Morgan fingerprint density at radius 1 is 1.08 bits per heavy atom. The maximum Gasteiger partial charge on any atom is 0.416 e. The minimum Gasteiger partial charge on any atom is -0.357 e. The Balaban J connectivity index is 1.75. The molecule has 1 saturated heterocycles. The van der Waals surface area contributed by atoms with Crippen molar-refractivity contribution in [3.63, 3.8) is 0 Å². The van der Waals surface area contributed by atoms with Crippen LogP contribution in [0.15, 0.2) is 36.7 Å². The molecule has 0 saturated carbocycles. The number of rotatable bonds is 3. The van der Waals surface area contributed by atoms with E-state index in [4.69, 9.17) is 0 Å². The lowest BCUT2D eigenvalue weighted by molar-refractivity contribution is -0.137. The highest BCUT2D eigenvalue weighted by Crippen LogP contribution is 2.30. The highest BCUT2D eigenvalue weighted by molar-refractivity contribution is 6.03. The maximum absolute atomic E-state index is 12.7. The maximum atomic E-state index is 12.7. The summed E-state index contributed by atoms with van der Waals surface area (Å²) in [4.78, 5) is 22.5. The van der Waals surface area contributed by atoms with Crippen molar-refractivity contribution in [2.45, 2.75) is 25.4 Å². The molecule has 1 aromatic heterocycles. The van der Waals surface area contributed by atoms with E-state index in [-0.39, 0.29) is 11.4 Å². The van der Waals surface area contributed by atoms with E-state index in [1.54, 1.807) is 6.07 Å². The average Bonchev–Trinajstić information content (AvgIpc) is 2.62. The Bertz CT molecular complexity index is 758.